The van der Waals surface area contributed by atoms with Crippen molar-refractivity contribution in [2.45, 2.75) is 59.1 Å². The first-order valence-corrected chi connectivity index (χ1v) is 7.73. The number of hydrogen-bond donors (Lipinski definition) is 1. The fourth-order valence-corrected chi connectivity index (χ4v) is 2.68. The van der Waals surface area contributed by atoms with Crippen molar-refractivity contribution in [1.29, 1.82) is 0 Å². The molecule has 1 aromatic heterocycles. The van der Waals surface area contributed by atoms with Crippen molar-refractivity contribution < 1.29 is 18.3 Å². The van der Waals surface area contributed by atoms with Gasteiger partial charge in [-0.25, -0.2) is 18.2 Å². The van der Waals surface area contributed by atoms with Gasteiger partial charge < -0.3 is 9.67 Å². The lowest BCUT2D eigenvalue weighted by Gasteiger charge is -2.23. The van der Waals surface area contributed by atoms with E-state index in [0.717, 1.165) is 5.57 Å². The predicted molar refractivity (Wildman–Crippen MR) is 84.0 cm³/mol. The Morgan fingerprint density at radius 2 is 1.87 bits per heavy atom. The number of aliphatic hydroxyl groups is 1. The Kier molecular flexibility index (Phi) is 4.76. The highest BCUT2D eigenvalue weighted by Crippen LogP contribution is 2.24. The predicted octanol–water partition coefficient (Wildman–Crippen LogP) is 2.78. The average Bonchev–Trinajstić information content (AvgIpc) is 2.73. The largest absolute Gasteiger partial charge is 0.383 e. The van der Waals surface area contributed by atoms with Crippen molar-refractivity contribution in [3.63, 3.8) is 0 Å². The van der Waals surface area contributed by atoms with Crippen LogP contribution in [0.5, 0.6) is 0 Å². The summed E-state index contributed by atoms with van der Waals surface area (Å²) in [6.07, 6.45) is 0.956. The van der Waals surface area contributed by atoms with Gasteiger partial charge in [0.05, 0.1) is 11.4 Å². The summed E-state index contributed by atoms with van der Waals surface area (Å²) in [5.41, 5.74) is -0.574. The maximum absolute atomic E-state index is 14.6. The number of hydrogen-bond acceptors (Lipinski definition) is 2. The summed E-state index contributed by atoms with van der Waals surface area (Å²) in [6.45, 7) is 8.16. The molecule has 0 fully saturated rings. The van der Waals surface area contributed by atoms with Gasteiger partial charge >= 0.3 is 0 Å². The van der Waals surface area contributed by atoms with Gasteiger partial charge in [0.25, 0.3) is 6.43 Å². The topological polar surface area (TPSA) is 38.1 Å². The van der Waals surface area contributed by atoms with E-state index in [1.165, 1.54) is 31.4 Å². The second-order valence-electron chi connectivity index (χ2n) is 6.80. The number of imidazole rings is 1. The Balaban J connectivity index is 2.82. The molecule has 6 heteroatoms. The summed E-state index contributed by atoms with van der Waals surface area (Å²) in [5.74, 6) is -0.359. The summed E-state index contributed by atoms with van der Waals surface area (Å²) in [6, 6.07) is -1.21. The highest BCUT2D eigenvalue weighted by atomic mass is 19.3. The minimum Gasteiger partial charge on any atom is -0.383 e. The van der Waals surface area contributed by atoms with E-state index < -0.39 is 23.9 Å². The molecule has 0 aromatic carbocycles. The third-order valence-corrected chi connectivity index (χ3v) is 4.08. The van der Waals surface area contributed by atoms with Crippen LogP contribution in [0, 0.1) is 5.92 Å². The van der Waals surface area contributed by atoms with Crippen LogP contribution >= 0.6 is 0 Å². The van der Waals surface area contributed by atoms with Crippen molar-refractivity contribution in [3.05, 3.63) is 28.2 Å². The first-order valence-electron chi connectivity index (χ1n) is 7.73. The molecule has 128 valence electrons. The molecule has 0 bridgehead atoms. The smallest absolute Gasteiger partial charge is 0.258 e. The van der Waals surface area contributed by atoms with E-state index in [2.05, 4.69) is 4.98 Å². The van der Waals surface area contributed by atoms with Crippen molar-refractivity contribution in [2.24, 2.45) is 5.92 Å². The second-order valence-corrected chi connectivity index (χ2v) is 6.80. The molecule has 1 atom stereocenters. The third-order valence-electron chi connectivity index (χ3n) is 4.08. The molecule has 1 unspecified atom stereocenters. The van der Waals surface area contributed by atoms with Crippen molar-refractivity contribution in [2.75, 3.05) is 0 Å². The first-order chi connectivity index (χ1) is 10.5. The van der Waals surface area contributed by atoms with E-state index in [-0.39, 0.29) is 17.1 Å². The average molecular weight is 328 g/mol. The van der Waals surface area contributed by atoms with E-state index >= 15 is 0 Å². The minimum absolute atomic E-state index is 0.0188. The van der Waals surface area contributed by atoms with Crippen LogP contribution in [0.1, 0.15) is 52.9 Å². The van der Waals surface area contributed by atoms with Crippen molar-refractivity contribution in [3.8, 4) is 0 Å². The molecule has 1 aliphatic rings. The fourth-order valence-electron chi connectivity index (χ4n) is 2.68. The normalized spacial score (nSPS) is 17.0. The quantitative estimate of drug-likeness (QED) is 0.923. The summed E-state index contributed by atoms with van der Waals surface area (Å²) < 4.78 is 42.4. The highest BCUT2D eigenvalue weighted by Gasteiger charge is 2.30. The molecule has 1 aromatic rings. The van der Waals surface area contributed by atoms with E-state index in [9.17, 15) is 18.3 Å². The lowest BCUT2D eigenvalue weighted by atomic mass is 10.00. The third kappa shape index (κ3) is 3.37. The molecule has 23 heavy (non-hydrogen) atoms. The molecule has 0 radical (unpaired) electrons. The fraction of sp³-hybridized carbons (Fsp3) is 0.588. The molecule has 1 N–H and O–H groups in total. The molecule has 0 amide bonds. The van der Waals surface area contributed by atoms with Gasteiger partial charge in [0, 0.05) is 0 Å². The Hall–Kier alpha value is -1.56. The molecule has 0 saturated carbocycles. The van der Waals surface area contributed by atoms with Crippen LogP contribution in [0.15, 0.2) is 11.6 Å². The molecule has 1 heterocycles. The van der Waals surface area contributed by atoms with Gasteiger partial charge in [-0.05, 0) is 39.2 Å². The lowest BCUT2D eigenvalue weighted by molar-refractivity contribution is 0.0471. The van der Waals surface area contributed by atoms with Gasteiger partial charge in [0.1, 0.15) is 16.8 Å². The number of rotatable bonds is 4. The molecule has 2 rings (SSSR count). The van der Waals surface area contributed by atoms with Crippen LogP contribution in [0.3, 0.4) is 0 Å². The SMILES string of the molecule is CC(C)C1=CC(F)=c2nc(C(C)(C)O)n(C(C)C(F)F)c2=CC1. The standard InChI is InChI=1S/C17H23F3N2O/c1-9(2)11-6-7-13-14(12(18)8-11)21-16(17(4,5)23)22(13)10(3)15(19)20/h7-10,15,23H,6H2,1-5H3. The molecule has 0 aliphatic heterocycles. The number of alkyl halides is 2. The summed E-state index contributed by atoms with van der Waals surface area (Å²) in [4.78, 5) is 4.15. The number of nitrogens with zero attached hydrogens (tertiary/aromatic N) is 2. The zero-order chi connectivity index (χ0) is 17.5. The van der Waals surface area contributed by atoms with Crippen LogP contribution in [0.2, 0.25) is 0 Å². The monoisotopic (exact) mass is 328 g/mol. The zero-order valence-electron chi connectivity index (χ0n) is 14.1. The van der Waals surface area contributed by atoms with Crippen LogP contribution in [0.25, 0.3) is 11.9 Å². The lowest BCUT2D eigenvalue weighted by Crippen LogP contribution is -2.36. The second kappa shape index (κ2) is 6.15. The summed E-state index contributed by atoms with van der Waals surface area (Å²) in [5, 5.41) is 10.6. The maximum atomic E-state index is 14.6. The van der Waals surface area contributed by atoms with E-state index in [1.54, 1.807) is 6.08 Å². The highest BCUT2D eigenvalue weighted by molar-refractivity contribution is 5.53. The van der Waals surface area contributed by atoms with Gasteiger partial charge in [0.15, 0.2) is 5.83 Å². The number of aromatic nitrogens is 2. The van der Waals surface area contributed by atoms with Gasteiger partial charge in [0.2, 0.25) is 0 Å². The van der Waals surface area contributed by atoms with E-state index in [4.69, 9.17) is 0 Å². The van der Waals surface area contributed by atoms with Gasteiger partial charge in [-0.1, -0.05) is 25.5 Å². The molecule has 3 nitrogen and oxygen atoms in total. The molecule has 0 spiro atoms. The minimum atomic E-state index is -2.65. The Morgan fingerprint density at radius 3 is 2.35 bits per heavy atom. The van der Waals surface area contributed by atoms with E-state index in [0.29, 0.717) is 11.8 Å². The van der Waals surface area contributed by atoms with Crippen LogP contribution in [-0.2, 0) is 5.60 Å². The maximum Gasteiger partial charge on any atom is 0.258 e. The van der Waals surface area contributed by atoms with Gasteiger partial charge in [-0.3, -0.25) is 0 Å². The van der Waals surface area contributed by atoms with Gasteiger partial charge in [-0.2, -0.15) is 0 Å². The van der Waals surface area contributed by atoms with Crippen molar-refractivity contribution in [1.82, 2.24) is 9.55 Å². The zero-order valence-corrected chi connectivity index (χ0v) is 14.1. The Morgan fingerprint density at radius 1 is 1.26 bits per heavy atom. The molecule has 1 aliphatic carbocycles. The molecular formula is C17H23F3N2O. The number of allylic oxidation sites excluding steroid dienone is 2. The number of halogens is 3. The Labute approximate surface area is 133 Å². The molecular weight excluding hydrogens is 305 g/mol. The van der Waals surface area contributed by atoms with Crippen LogP contribution < -0.4 is 10.7 Å². The van der Waals surface area contributed by atoms with Crippen molar-refractivity contribution >= 4 is 11.9 Å². The Bertz CT molecular complexity index is 739. The summed E-state index contributed by atoms with van der Waals surface area (Å²) in [7, 11) is 0. The number of fused-ring (bicyclic) bond motifs is 1. The van der Waals surface area contributed by atoms with E-state index in [1.807, 2.05) is 13.8 Å². The molecule has 0 saturated heterocycles. The first kappa shape index (κ1) is 17.8. The van der Waals surface area contributed by atoms with Crippen LogP contribution in [-0.4, -0.2) is 21.1 Å². The van der Waals surface area contributed by atoms with Gasteiger partial charge in [-0.15, -0.1) is 0 Å². The van der Waals surface area contributed by atoms with Crippen LogP contribution in [0.4, 0.5) is 13.2 Å². The summed E-state index contributed by atoms with van der Waals surface area (Å²) >= 11 is 0.